The molecule has 1 aliphatic heterocycles. The van der Waals surface area contributed by atoms with Crippen LogP contribution in [0.4, 0.5) is 0 Å². The van der Waals surface area contributed by atoms with E-state index < -0.39 is 0 Å². The second-order valence-corrected chi connectivity index (χ2v) is 6.15. The monoisotopic (exact) mass is 275 g/mol. The minimum atomic E-state index is -0.368. The largest absolute Gasteiger partial charge is 0.338 e. The zero-order chi connectivity index (χ0) is 14.3. The molecule has 0 unspecified atom stereocenters. The number of rotatable bonds is 1. The van der Waals surface area contributed by atoms with E-state index in [4.69, 9.17) is 0 Å². The Morgan fingerprint density at radius 2 is 1.80 bits per heavy atom. The summed E-state index contributed by atoms with van der Waals surface area (Å²) >= 11 is 0. The lowest BCUT2D eigenvalue weighted by atomic mass is 9.82. The van der Waals surface area contributed by atoms with Gasteiger partial charge < -0.3 is 4.90 Å². The van der Waals surface area contributed by atoms with Crippen LogP contribution in [0.15, 0.2) is 4.79 Å². The van der Waals surface area contributed by atoms with Crippen molar-refractivity contribution >= 4 is 5.91 Å². The van der Waals surface area contributed by atoms with Gasteiger partial charge in [0, 0.05) is 13.1 Å². The summed E-state index contributed by atoms with van der Waals surface area (Å²) < 4.78 is 0. The first-order chi connectivity index (χ1) is 9.58. The van der Waals surface area contributed by atoms with Crippen molar-refractivity contribution in [2.75, 3.05) is 13.1 Å². The molecule has 2 aliphatic rings. The Morgan fingerprint density at radius 3 is 2.40 bits per heavy atom. The maximum atomic E-state index is 12.7. The van der Waals surface area contributed by atoms with Crippen LogP contribution in [-0.2, 0) is 0 Å². The van der Waals surface area contributed by atoms with E-state index in [0.29, 0.717) is 23.1 Å². The van der Waals surface area contributed by atoms with Crippen LogP contribution in [-0.4, -0.2) is 34.1 Å². The minimum Gasteiger partial charge on any atom is -0.338 e. The quantitative estimate of drug-likeness (QED) is 0.847. The lowest BCUT2D eigenvalue weighted by Crippen LogP contribution is -2.35. The number of nitrogens with one attached hydrogen (secondary N) is 1. The van der Waals surface area contributed by atoms with Gasteiger partial charge in [0.2, 0.25) is 0 Å². The zero-order valence-electron chi connectivity index (χ0n) is 12.1. The first kappa shape index (κ1) is 13.3. The van der Waals surface area contributed by atoms with Gasteiger partial charge in [0.25, 0.3) is 11.5 Å². The Labute approximate surface area is 118 Å². The molecule has 1 aromatic heterocycles. The van der Waals surface area contributed by atoms with Gasteiger partial charge in [-0.2, -0.15) is 5.10 Å². The summed E-state index contributed by atoms with van der Waals surface area (Å²) in [4.78, 5) is 26.5. The van der Waals surface area contributed by atoms with Crippen molar-refractivity contribution in [1.82, 2.24) is 15.1 Å². The summed E-state index contributed by atoms with van der Waals surface area (Å²) in [5.74, 6) is 1.15. The van der Waals surface area contributed by atoms with E-state index in [1.807, 2.05) is 11.8 Å². The van der Waals surface area contributed by atoms with Crippen LogP contribution >= 0.6 is 0 Å². The third-order valence-corrected chi connectivity index (χ3v) is 4.95. The highest BCUT2D eigenvalue weighted by Crippen LogP contribution is 2.36. The molecular weight excluding hydrogens is 254 g/mol. The van der Waals surface area contributed by atoms with Crippen LogP contribution in [0.3, 0.4) is 0 Å². The van der Waals surface area contributed by atoms with Gasteiger partial charge in [-0.05, 0) is 44.1 Å². The average molecular weight is 275 g/mol. The third kappa shape index (κ3) is 2.15. The molecule has 1 aliphatic carbocycles. The van der Waals surface area contributed by atoms with Crippen LogP contribution in [0.5, 0.6) is 0 Å². The molecule has 1 amide bonds. The van der Waals surface area contributed by atoms with Crippen molar-refractivity contribution in [1.29, 1.82) is 0 Å². The van der Waals surface area contributed by atoms with Gasteiger partial charge in [0.1, 0.15) is 5.56 Å². The Morgan fingerprint density at radius 1 is 1.20 bits per heavy atom. The number of amides is 1. The van der Waals surface area contributed by atoms with Gasteiger partial charge in [0.05, 0.1) is 5.69 Å². The Balaban J connectivity index is 1.87. The lowest BCUT2D eigenvalue weighted by Gasteiger charge is -2.22. The highest BCUT2D eigenvalue weighted by atomic mass is 16.2. The number of likely N-dealkylation sites (tertiary alicyclic amines) is 1. The number of carbonyl (C=O) groups is 1. The van der Waals surface area contributed by atoms with Gasteiger partial charge in [0.15, 0.2) is 0 Å². The molecule has 0 bridgehead atoms. The number of H-pyrrole nitrogens is 1. The molecule has 5 heteroatoms. The van der Waals surface area contributed by atoms with E-state index in [1.165, 1.54) is 25.7 Å². The normalized spacial score (nSPS) is 25.6. The average Bonchev–Trinajstić information content (AvgIpc) is 2.87. The molecule has 1 saturated heterocycles. The smallest absolute Gasteiger partial charge is 0.277 e. The fourth-order valence-corrected chi connectivity index (χ4v) is 3.61. The summed E-state index contributed by atoms with van der Waals surface area (Å²) in [6, 6.07) is 0. The van der Waals surface area contributed by atoms with E-state index in [-0.39, 0.29) is 17.0 Å². The summed E-state index contributed by atoms with van der Waals surface area (Å²) in [5.41, 5.74) is 1.32. The highest BCUT2D eigenvalue weighted by molar-refractivity contribution is 5.95. The molecule has 3 rings (SSSR count). The first-order valence-corrected chi connectivity index (χ1v) is 7.43. The van der Waals surface area contributed by atoms with E-state index in [2.05, 4.69) is 10.2 Å². The van der Waals surface area contributed by atoms with E-state index >= 15 is 0 Å². The molecular formula is C15H21N3O2. The van der Waals surface area contributed by atoms with E-state index in [9.17, 15) is 9.59 Å². The predicted molar refractivity (Wildman–Crippen MR) is 75.7 cm³/mol. The summed E-state index contributed by atoms with van der Waals surface area (Å²) in [6.45, 7) is 5.23. The second kappa shape index (κ2) is 5.04. The first-order valence-electron chi connectivity index (χ1n) is 7.43. The molecule has 5 nitrogen and oxygen atoms in total. The summed E-state index contributed by atoms with van der Waals surface area (Å²) in [6.07, 6.45) is 4.99. The molecule has 20 heavy (non-hydrogen) atoms. The molecule has 0 aromatic carbocycles. The number of aromatic amines is 1. The predicted octanol–water partition coefficient (Wildman–Crippen LogP) is 1.65. The summed E-state index contributed by atoms with van der Waals surface area (Å²) in [5, 5.41) is 6.33. The van der Waals surface area contributed by atoms with Crippen molar-refractivity contribution in [3.63, 3.8) is 0 Å². The van der Waals surface area contributed by atoms with Crippen LogP contribution in [0, 0.1) is 25.7 Å². The van der Waals surface area contributed by atoms with E-state index in [1.54, 1.807) is 6.92 Å². The van der Waals surface area contributed by atoms with Crippen molar-refractivity contribution in [2.24, 2.45) is 11.8 Å². The van der Waals surface area contributed by atoms with Gasteiger partial charge in [-0.15, -0.1) is 0 Å². The number of aromatic nitrogens is 2. The van der Waals surface area contributed by atoms with Crippen LogP contribution < -0.4 is 5.56 Å². The van der Waals surface area contributed by atoms with Crippen LogP contribution in [0.2, 0.25) is 0 Å². The number of hydrogen-bond donors (Lipinski definition) is 1. The molecule has 1 aromatic rings. The number of aryl methyl sites for hydroxylation is 1. The van der Waals surface area contributed by atoms with Crippen LogP contribution in [0.25, 0.3) is 0 Å². The molecule has 0 spiro atoms. The molecule has 2 atom stereocenters. The Kier molecular flexibility index (Phi) is 3.36. The minimum absolute atomic E-state index is 0.122. The van der Waals surface area contributed by atoms with Crippen molar-refractivity contribution < 1.29 is 4.79 Å². The second-order valence-electron chi connectivity index (χ2n) is 6.15. The highest BCUT2D eigenvalue weighted by Gasteiger charge is 2.37. The molecule has 2 heterocycles. The molecule has 108 valence electrons. The number of carbonyl (C=O) groups excluding carboxylic acids is 1. The Bertz CT molecular complexity index is 579. The standard InChI is InChI=1S/C15H21N3O2/c1-9-10(2)16-17-14(19)13(9)15(20)18-7-11-5-3-4-6-12(11)8-18/h11-12H,3-8H2,1-2H3,(H,17,19)/t11-,12-/m1/s1. The number of hydrogen-bond acceptors (Lipinski definition) is 3. The van der Waals surface area contributed by atoms with Crippen molar-refractivity contribution in [2.45, 2.75) is 39.5 Å². The molecule has 2 fully saturated rings. The lowest BCUT2D eigenvalue weighted by molar-refractivity contribution is 0.0781. The van der Waals surface area contributed by atoms with Crippen molar-refractivity contribution in [3.05, 3.63) is 27.2 Å². The van der Waals surface area contributed by atoms with Gasteiger partial charge in [-0.3, -0.25) is 9.59 Å². The van der Waals surface area contributed by atoms with E-state index in [0.717, 1.165) is 13.1 Å². The van der Waals surface area contributed by atoms with Crippen LogP contribution in [0.1, 0.15) is 47.3 Å². The zero-order valence-corrected chi connectivity index (χ0v) is 12.1. The molecule has 1 N–H and O–H groups in total. The fourth-order valence-electron chi connectivity index (χ4n) is 3.61. The Hall–Kier alpha value is -1.65. The fraction of sp³-hybridized carbons (Fsp3) is 0.667. The molecule has 1 saturated carbocycles. The van der Waals surface area contributed by atoms with Gasteiger partial charge in [-0.25, -0.2) is 5.10 Å². The summed E-state index contributed by atoms with van der Waals surface area (Å²) in [7, 11) is 0. The topological polar surface area (TPSA) is 66.1 Å². The van der Waals surface area contributed by atoms with Gasteiger partial charge in [-0.1, -0.05) is 12.8 Å². The third-order valence-electron chi connectivity index (χ3n) is 4.95. The van der Waals surface area contributed by atoms with Gasteiger partial charge >= 0.3 is 0 Å². The molecule has 0 radical (unpaired) electrons. The SMILES string of the molecule is Cc1n[nH]c(=O)c(C(=O)N2C[C@H]3CCCC[C@@H]3C2)c1C. The maximum absolute atomic E-state index is 12.7. The number of fused-ring (bicyclic) bond motifs is 1. The number of nitrogens with zero attached hydrogens (tertiary/aromatic N) is 2. The van der Waals surface area contributed by atoms with Crippen molar-refractivity contribution in [3.8, 4) is 0 Å². The maximum Gasteiger partial charge on any atom is 0.277 e.